The average molecular weight is 313 g/mol. The summed E-state index contributed by atoms with van der Waals surface area (Å²) in [6.45, 7) is 4.59. The van der Waals surface area contributed by atoms with Gasteiger partial charge in [0.2, 0.25) is 0 Å². The number of carbonyl (C=O) groups excluding carboxylic acids is 1. The largest absolute Gasteiger partial charge is 0.480 e. The van der Waals surface area contributed by atoms with E-state index in [2.05, 4.69) is 10.4 Å². The Morgan fingerprint density at radius 1 is 1.26 bits per heavy atom. The predicted octanol–water partition coefficient (Wildman–Crippen LogP) is 1.90. The van der Waals surface area contributed by atoms with Gasteiger partial charge in [-0.05, 0) is 50.5 Å². The first-order valence-electron chi connectivity index (χ1n) is 7.55. The summed E-state index contributed by atoms with van der Waals surface area (Å²) in [6.07, 6.45) is 0.980. The number of carboxylic acid groups (broad SMARTS) is 1. The summed E-state index contributed by atoms with van der Waals surface area (Å²) in [6, 6.07) is 9.18. The van der Waals surface area contributed by atoms with E-state index in [4.69, 9.17) is 5.11 Å². The van der Waals surface area contributed by atoms with Crippen LogP contribution in [0.25, 0.3) is 0 Å². The summed E-state index contributed by atoms with van der Waals surface area (Å²) in [4.78, 5) is 23.3. The molecule has 6 nitrogen and oxygen atoms in total. The summed E-state index contributed by atoms with van der Waals surface area (Å²) in [5, 5.41) is 16.1. The molecule has 1 heterocycles. The topological polar surface area (TPSA) is 84.2 Å². The first-order chi connectivity index (χ1) is 10.9. The van der Waals surface area contributed by atoms with Crippen LogP contribution >= 0.6 is 0 Å². The fourth-order valence-electron chi connectivity index (χ4n) is 2.58. The van der Waals surface area contributed by atoms with Crippen LogP contribution in [0, 0.1) is 13.8 Å². The van der Waals surface area contributed by atoms with Gasteiger partial charge in [0.15, 0.2) is 0 Å². The fourth-order valence-corrected chi connectivity index (χ4v) is 2.58. The molecule has 0 spiro atoms. The minimum absolute atomic E-state index is 0.345. The highest BCUT2D eigenvalue weighted by atomic mass is 16.4. The molecule has 6 heteroatoms. The Bertz CT molecular complexity index is 758. The van der Waals surface area contributed by atoms with Crippen molar-refractivity contribution in [1.82, 2.24) is 15.1 Å². The number of carbonyl (C=O) groups is 2. The van der Waals surface area contributed by atoms with Crippen LogP contribution in [0.5, 0.6) is 0 Å². The Morgan fingerprint density at radius 3 is 2.39 bits per heavy atom. The standard InChI is InChI=1S/C17H19N3O3/c1-11-9-12(2)20(19-11)10-13-3-5-14(6-4-13)15(21)18-17(7-8-17)16(22)23/h3-6,9H,7-8,10H2,1-2H3,(H,18,21)(H,22,23). The fraction of sp³-hybridized carbons (Fsp3) is 0.353. The summed E-state index contributed by atoms with van der Waals surface area (Å²) < 4.78 is 1.91. The number of nitrogens with one attached hydrogen (secondary N) is 1. The normalized spacial score (nSPS) is 15.2. The first kappa shape index (κ1) is 15.3. The minimum atomic E-state index is -1.06. The lowest BCUT2D eigenvalue weighted by Gasteiger charge is -2.12. The van der Waals surface area contributed by atoms with E-state index in [1.165, 1.54) is 0 Å². The molecule has 3 rings (SSSR count). The highest BCUT2D eigenvalue weighted by Gasteiger charge is 2.51. The number of hydrogen-bond acceptors (Lipinski definition) is 3. The number of nitrogens with zero attached hydrogens (tertiary/aromatic N) is 2. The number of aromatic nitrogens is 2. The molecule has 2 N–H and O–H groups in total. The summed E-state index contributed by atoms with van der Waals surface area (Å²) in [5.74, 6) is -1.31. The molecule has 1 aliphatic rings. The van der Waals surface area contributed by atoms with Gasteiger partial charge in [0.05, 0.1) is 12.2 Å². The monoisotopic (exact) mass is 313 g/mol. The quantitative estimate of drug-likeness (QED) is 0.883. The third-order valence-electron chi connectivity index (χ3n) is 4.16. The van der Waals surface area contributed by atoms with Gasteiger partial charge >= 0.3 is 5.97 Å². The van der Waals surface area contributed by atoms with Gasteiger partial charge in [0.1, 0.15) is 5.54 Å². The number of carboxylic acids is 1. The van der Waals surface area contributed by atoms with Crippen LogP contribution in [0.2, 0.25) is 0 Å². The Kier molecular flexibility index (Phi) is 3.67. The van der Waals surface area contributed by atoms with Crippen molar-refractivity contribution in [2.75, 3.05) is 0 Å². The van der Waals surface area contributed by atoms with Crippen molar-refractivity contribution >= 4 is 11.9 Å². The molecule has 0 unspecified atom stereocenters. The van der Waals surface area contributed by atoms with Crippen molar-refractivity contribution in [3.63, 3.8) is 0 Å². The van der Waals surface area contributed by atoms with Gasteiger partial charge in [0.25, 0.3) is 5.91 Å². The van der Waals surface area contributed by atoms with Crippen molar-refractivity contribution in [2.45, 2.75) is 38.8 Å². The highest BCUT2D eigenvalue weighted by Crippen LogP contribution is 2.35. The third kappa shape index (κ3) is 3.11. The van der Waals surface area contributed by atoms with Crippen LogP contribution in [0.3, 0.4) is 0 Å². The van der Waals surface area contributed by atoms with E-state index in [-0.39, 0.29) is 5.91 Å². The number of aliphatic carboxylic acids is 1. The van der Waals surface area contributed by atoms with Gasteiger partial charge in [-0.2, -0.15) is 5.10 Å². The van der Waals surface area contributed by atoms with Crippen LogP contribution in [-0.4, -0.2) is 32.3 Å². The SMILES string of the molecule is Cc1cc(C)n(Cc2ccc(C(=O)NC3(C(=O)O)CC3)cc2)n1. The lowest BCUT2D eigenvalue weighted by molar-refractivity contribution is -0.140. The molecule has 1 aliphatic carbocycles. The average Bonchev–Trinajstić information content (AvgIpc) is 3.21. The van der Waals surface area contributed by atoms with E-state index in [0.717, 1.165) is 17.0 Å². The van der Waals surface area contributed by atoms with Crippen LogP contribution in [-0.2, 0) is 11.3 Å². The molecule has 0 saturated heterocycles. The third-order valence-corrected chi connectivity index (χ3v) is 4.16. The molecule has 0 radical (unpaired) electrons. The van der Waals surface area contributed by atoms with E-state index in [0.29, 0.717) is 24.9 Å². The maximum absolute atomic E-state index is 12.1. The number of aryl methyl sites for hydroxylation is 2. The zero-order valence-electron chi connectivity index (χ0n) is 13.2. The molecular formula is C17H19N3O3. The van der Waals surface area contributed by atoms with Gasteiger partial charge < -0.3 is 10.4 Å². The zero-order valence-corrected chi connectivity index (χ0v) is 13.2. The zero-order chi connectivity index (χ0) is 16.6. The highest BCUT2D eigenvalue weighted by molar-refractivity contribution is 5.98. The van der Waals surface area contributed by atoms with Crippen LogP contribution in [0.4, 0.5) is 0 Å². The van der Waals surface area contributed by atoms with Gasteiger partial charge in [-0.15, -0.1) is 0 Å². The maximum Gasteiger partial charge on any atom is 0.329 e. The Hall–Kier alpha value is -2.63. The van der Waals surface area contributed by atoms with Gasteiger partial charge in [0, 0.05) is 11.3 Å². The molecular weight excluding hydrogens is 294 g/mol. The Labute approximate surface area is 134 Å². The van der Waals surface area contributed by atoms with Crippen molar-refractivity contribution in [3.8, 4) is 0 Å². The molecule has 0 atom stereocenters. The second-order valence-electron chi connectivity index (χ2n) is 6.12. The second kappa shape index (κ2) is 5.53. The van der Waals surface area contributed by atoms with Crippen molar-refractivity contribution < 1.29 is 14.7 Å². The van der Waals surface area contributed by atoms with Crippen LogP contribution < -0.4 is 5.32 Å². The number of benzene rings is 1. The predicted molar refractivity (Wildman–Crippen MR) is 84.3 cm³/mol. The maximum atomic E-state index is 12.1. The number of amides is 1. The minimum Gasteiger partial charge on any atom is -0.480 e. The summed E-state index contributed by atoms with van der Waals surface area (Å²) >= 11 is 0. The number of rotatable bonds is 5. The second-order valence-corrected chi connectivity index (χ2v) is 6.12. The van der Waals surface area contributed by atoms with Gasteiger partial charge in [-0.3, -0.25) is 9.48 Å². The van der Waals surface area contributed by atoms with Crippen molar-refractivity contribution in [1.29, 1.82) is 0 Å². The lowest BCUT2D eigenvalue weighted by Crippen LogP contribution is -2.43. The van der Waals surface area contributed by atoms with Gasteiger partial charge in [-0.25, -0.2) is 4.79 Å². The molecule has 1 aromatic heterocycles. The molecule has 1 aromatic carbocycles. The van der Waals surface area contributed by atoms with Gasteiger partial charge in [-0.1, -0.05) is 12.1 Å². The molecule has 120 valence electrons. The molecule has 1 amide bonds. The molecule has 1 saturated carbocycles. The summed E-state index contributed by atoms with van der Waals surface area (Å²) in [5.41, 5.74) is 2.50. The van der Waals surface area contributed by atoms with E-state index in [1.807, 2.05) is 36.7 Å². The van der Waals surface area contributed by atoms with E-state index < -0.39 is 11.5 Å². The van der Waals surface area contributed by atoms with E-state index in [9.17, 15) is 9.59 Å². The number of hydrogen-bond donors (Lipinski definition) is 2. The van der Waals surface area contributed by atoms with Crippen molar-refractivity contribution in [3.05, 3.63) is 52.8 Å². The lowest BCUT2D eigenvalue weighted by atomic mass is 10.1. The molecule has 23 heavy (non-hydrogen) atoms. The smallest absolute Gasteiger partial charge is 0.329 e. The van der Waals surface area contributed by atoms with Crippen LogP contribution in [0.1, 0.15) is 40.2 Å². The first-order valence-corrected chi connectivity index (χ1v) is 7.55. The molecule has 0 aliphatic heterocycles. The molecule has 1 fully saturated rings. The van der Waals surface area contributed by atoms with E-state index >= 15 is 0 Å². The summed E-state index contributed by atoms with van der Waals surface area (Å²) in [7, 11) is 0. The molecule has 2 aromatic rings. The van der Waals surface area contributed by atoms with Crippen LogP contribution in [0.15, 0.2) is 30.3 Å². The molecule has 0 bridgehead atoms. The van der Waals surface area contributed by atoms with Crippen molar-refractivity contribution in [2.24, 2.45) is 0 Å². The Morgan fingerprint density at radius 2 is 1.91 bits per heavy atom. The van der Waals surface area contributed by atoms with E-state index in [1.54, 1.807) is 12.1 Å². The Balaban J connectivity index is 1.68.